The molecular formula is C39H32ClF11N10O2S. The molecular weight excluding hydrogens is 917 g/mol. The van der Waals surface area contributed by atoms with Crippen molar-refractivity contribution in [1.82, 2.24) is 39.3 Å². The highest BCUT2D eigenvalue weighted by atomic mass is 35.5. The number of nitrogens with one attached hydrogen (secondary N) is 4. The van der Waals surface area contributed by atoms with E-state index in [1.807, 2.05) is 0 Å². The van der Waals surface area contributed by atoms with Crippen LogP contribution in [-0.2, 0) is 36.3 Å². The molecule has 2 aromatic carbocycles. The summed E-state index contributed by atoms with van der Waals surface area (Å²) in [5, 5.41) is 17.2. The summed E-state index contributed by atoms with van der Waals surface area (Å²) in [6.07, 6.45) is -10.3. The number of fused-ring (bicyclic) bond motifs is 1. The van der Waals surface area contributed by atoms with Crippen molar-refractivity contribution in [3.63, 3.8) is 0 Å². The zero-order valence-electron chi connectivity index (χ0n) is 32.7. The molecule has 1 saturated carbocycles. The SMILES string of the molecule is CC1Cc2c(C(F)F)nn(CC(=O)NC(Cc3cc(F)cc(F)c3)c3nc(-c4nccc(C(F)(F)F)n4)cc(=O)n3-c3ccc(Cl)c(C(=N)NSC4CC4)c3NCC(F)F)c2C1(F)F. The van der Waals surface area contributed by atoms with Crippen LogP contribution >= 0.6 is 23.5 Å². The molecule has 4 N–H and O–H groups in total. The minimum absolute atomic E-state index is 0.111. The topological polar surface area (TPSA) is 156 Å². The highest BCUT2D eigenvalue weighted by Gasteiger charge is 2.51. The Bertz CT molecular complexity index is 2660. The fraction of sp³-hybridized carbons (Fsp3) is 0.359. The van der Waals surface area contributed by atoms with Crippen LogP contribution in [0.15, 0.2) is 53.5 Å². The first-order chi connectivity index (χ1) is 30.1. The third kappa shape index (κ3) is 9.81. The summed E-state index contributed by atoms with van der Waals surface area (Å²) in [7, 11) is 0. The van der Waals surface area contributed by atoms with E-state index in [9.17, 15) is 49.1 Å². The lowest BCUT2D eigenvalue weighted by molar-refractivity contribution is -0.141. The molecule has 7 rings (SSSR count). The van der Waals surface area contributed by atoms with Gasteiger partial charge in [-0.1, -0.05) is 18.5 Å². The Balaban J connectivity index is 1.44. The van der Waals surface area contributed by atoms with Crippen LogP contribution in [0.25, 0.3) is 17.2 Å². The molecule has 1 amide bonds. The summed E-state index contributed by atoms with van der Waals surface area (Å²) in [5.41, 5.74) is -7.06. The van der Waals surface area contributed by atoms with Gasteiger partial charge in [-0.05, 0) is 67.1 Å². The van der Waals surface area contributed by atoms with E-state index >= 15 is 8.78 Å². The maximum Gasteiger partial charge on any atom is 0.433 e. The Hall–Kier alpha value is -5.78. The van der Waals surface area contributed by atoms with Crippen molar-refractivity contribution in [1.29, 1.82) is 5.41 Å². The molecule has 2 aliphatic rings. The number of carbonyl (C=O) groups is 1. The first kappa shape index (κ1) is 46.2. The summed E-state index contributed by atoms with van der Waals surface area (Å²) < 4.78 is 161. The van der Waals surface area contributed by atoms with Gasteiger partial charge in [-0.25, -0.2) is 41.3 Å². The maximum atomic E-state index is 15.4. The number of benzene rings is 2. The number of hydrogen-bond acceptors (Lipinski definition) is 9. The zero-order chi connectivity index (χ0) is 46.4. The van der Waals surface area contributed by atoms with E-state index < -0.39 is 137 Å². The van der Waals surface area contributed by atoms with Crippen LogP contribution in [0.4, 0.5) is 54.0 Å². The number of amidine groups is 1. The lowest BCUT2D eigenvalue weighted by Crippen LogP contribution is -2.38. The monoisotopic (exact) mass is 948 g/mol. The number of halogens is 12. The van der Waals surface area contributed by atoms with E-state index in [0.717, 1.165) is 49.9 Å². The van der Waals surface area contributed by atoms with E-state index in [4.69, 9.17) is 17.0 Å². The van der Waals surface area contributed by atoms with E-state index in [2.05, 4.69) is 35.4 Å². The van der Waals surface area contributed by atoms with Gasteiger partial charge in [0.15, 0.2) is 5.82 Å². The highest BCUT2D eigenvalue weighted by Crippen LogP contribution is 2.48. The number of hydrogen-bond donors (Lipinski definition) is 4. The van der Waals surface area contributed by atoms with Gasteiger partial charge >= 0.3 is 6.18 Å². The number of nitrogens with zero attached hydrogens (tertiary/aromatic N) is 6. The number of rotatable bonds is 15. The second kappa shape index (κ2) is 18.0. The molecule has 3 heterocycles. The quantitative estimate of drug-likeness (QED) is 0.0350. The van der Waals surface area contributed by atoms with Gasteiger partial charge < -0.3 is 15.4 Å². The number of carbonyl (C=O) groups excluding carboxylic acids is 1. The van der Waals surface area contributed by atoms with Crippen LogP contribution in [-0.4, -0.2) is 59.3 Å². The molecule has 2 atom stereocenters. The van der Waals surface area contributed by atoms with Gasteiger partial charge in [-0.15, -0.1) is 0 Å². The van der Waals surface area contributed by atoms with Gasteiger partial charge in [0.25, 0.3) is 24.3 Å². The van der Waals surface area contributed by atoms with E-state index in [1.165, 1.54) is 6.07 Å². The molecule has 0 bridgehead atoms. The molecule has 25 heteroatoms. The standard InChI is InChI=1S/C39H32ClF11N10O2S/c1-16-8-21-31(34(45)46)58-60(33(21)38(16,47)48)15-28(62)55-24(11-17-9-18(41)12-19(42)10-17)37-56-23(36-53-7-6-26(57-36)39(49,50)51)13-29(63)61(37)25-5-4-22(40)30(32(25)54-14-27(43)44)35(52)59-64-20-2-3-20/h4-7,9-10,12-13,16,20,24,27,34,54H,2-3,8,11,14-15H2,1H3,(H2,52,59)(H,55,62). The van der Waals surface area contributed by atoms with Crippen molar-refractivity contribution in [2.24, 2.45) is 5.92 Å². The molecule has 1 fully saturated rings. The maximum absolute atomic E-state index is 15.4. The van der Waals surface area contributed by atoms with Crippen molar-refractivity contribution in [2.45, 2.75) is 75.4 Å². The van der Waals surface area contributed by atoms with Crippen LogP contribution in [0.5, 0.6) is 0 Å². The van der Waals surface area contributed by atoms with Gasteiger partial charge in [-0.2, -0.15) is 27.1 Å². The van der Waals surface area contributed by atoms with Crippen LogP contribution in [0.1, 0.15) is 71.8 Å². The van der Waals surface area contributed by atoms with Gasteiger partial charge in [0.1, 0.15) is 52.6 Å². The zero-order valence-corrected chi connectivity index (χ0v) is 34.3. The molecule has 0 saturated heterocycles. The van der Waals surface area contributed by atoms with Crippen molar-refractivity contribution in [3.8, 4) is 17.2 Å². The Morgan fingerprint density at radius 1 is 1.05 bits per heavy atom. The summed E-state index contributed by atoms with van der Waals surface area (Å²) in [6, 6.07) is 3.73. The van der Waals surface area contributed by atoms with E-state index in [1.54, 1.807) is 0 Å². The minimum Gasteiger partial charge on any atom is -0.377 e. The summed E-state index contributed by atoms with van der Waals surface area (Å²) in [5.74, 6) is -10.6. The van der Waals surface area contributed by atoms with Gasteiger partial charge in [0, 0.05) is 41.5 Å². The number of aromatic nitrogens is 6. The van der Waals surface area contributed by atoms with Crippen LogP contribution in [0.3, 0.4) is 0 Å². The third-order valence-corrected chi connectivity index (χ3v) is 11.5. The Morgan fingerprint density at radius 2 is 1.75 bits per heavy atom. The number of alkyl halides is 9. The molecule has 3 aromatic heterocycles. The van der Waals surface area contributed by atoms with Crippen LogP contribution in [0.2, 0.25) is 5.02 Å². The fourth-order valence-electron chi connectivity index (χ4n) is 7.06. The molecule has 64 heavy (non-hydrogen) atoms. The predicted octanol–water partition coefficient (Wildman–Crippen LogP) is 8.56. The summed E-state index contributed by atoms with van der Waals surface area (Å²) in [4.78, 5) is 40.2. The second-order valence-electron chi connectivity index (χ2n) is 14.8. The lowest BCUT2D eigenvalue weighted by atomic mass is 10.0. The summed E-state index contributed by atoms with van der Waals surface area (Å²) in [6.45, 7) is -1.17. The minimum atomic E-state index is -5.03. The number of anilines is 1. The Morgan fingerprint density at radius 3 is 2.39 bits per heavy atom. The van der Waals surface area contributed by atoms with E-state index in [-0.39, 0.29) is 27.1 Å². The van der Waals surface area contributed by atoms with Gasteiger partial charge in [0.05, 0.1) is 34.5 Å². The Kier molecular flexibility index (Phi) is 13.0. The smallest absolute Gasteiger partial charge is 0.377 e. The molecule has 0 aliphatic heterocycles. The van der Waals surface area contributed by atoms with E-state index in [0.29, 0.717) is 33.6 Å². The predicted molar refractivity (Wildman–Crippen MR) is 211 cm³/mol. The normalized spacial score (nSPS) is 16.3. The second-order valence-corrected chi connectivity index (χ2v) is 16.3. The lowest BCUT2D eigenvalue weighted by Gasteiger charge is -2.26. The molecule has 2 unspecified atom stereocenters. The number of amides is 1. The molecule has 5 aromatic rings. The highest BCUT2D eigenvalue weighted by molar-refractivity contribution is 7.98. The van der Waals surface area contributed by atoms with Crippen molar-refractivity contribution >= 4 is 41.0 Å². The molecule has 2 aliphatic carbocycles. The van der Waals surface area contributed by atoms with Crippen molar-refractivity contribution < 1.29 is 53.1 Å². The summed E-state index contributed by atoms with van der Waals surface area (Å²) >= 11 is 7.67. The molecule has 0 radical (unpaired) electrons. The first-order valence-electron chi connectivity index (χ1n) is 19.0. The van der Waals surface area contributed by atoms with Crippen LogP contribution < -0.4 is 20.9 Å². The average molecular weight is 949 g/mol. The molecule has 12 nitrogen and oxygen atoms in total. The van der Waals surface area contributed by atoms with Crippen molar-refractivity contribution in [3.05, 3.63) is 115 Å². The van der Waals surface area contributed by atoms with Gasteiger partial charge in [0.2, 0.25) is 5.91 Å². The largest absolute Gasteiger partial charge is 0.433 e. The Labute approximate surface area is 363 Å². The van der Waals surface area contributed by atoms with Crippen LogP contribution in [0, 0.1) is 23.0 Å². The fourth-order valence-corrected chi connectivity index (χ4v) is 8.07. The third-order valence-electron chi connectivity index (χ3n) is 10.1. The molecule has 0 spiro atoms. The molecule has 340 valence electrons. The van der Waals surface area contributed by atoms with Gasteiger partial charge in [-0.3, -0.25) is 24.2 Å². The van der Waals surface area contributed by atoms with Crippen molar-refractivity contribution in [2.75, 3.05) is 11.9 Å². The first-order valence-corrected chi connectivity index (χ1v) is 20.3. The average Bonchev–Trinajstić information content (AvgIpc) is 3.92.